The molecule has 1 aromatic carbocycles. The van der Waals surface area contributed by atoms with Gasteiger partial charge in [0.15, 0.2) is 0 Å². The normalized spacial score (nSPS) is 21.8. The van der Waals surface area contributed by atoms with Crippen LogP contribution in [0.1, 0.15) is 31.7 Å². The number of thioether (sulfide) groups is 1. The van der Waals surface area contributed by atoms with Gasteiger partial charge < -0.3 is 14.4 Å². The van der Waals surface area contributed by atoms with Crippen LogP contribution >= 0.6 is 11.8 Å². The maximum absolute atomic E-state index is 13.2. The number of esters is 2. The molecule has 33 heavy (non-hydrogen) atoms. The molecule has 0 aliphatic carbocycles. The lowest BCUT2D eigenvalue weighted by atomic mass is 9.74. The van der Waals surface area contributed by atoms with Crippen molar-refractivity contribution in [1.29, 1.82) is 0 Å². The third-order valence-electron chi connectivity index (χ3n) is 5.52. The van der Waals surface area contributed by atoms with Crippen LogP contribution in [-0.2, 0) is 23.9 Å². The number of fused-ring (bicyclic) bond motifs is 1. The molecular weight excluding hydrogens is 454 g/mol. The van der Waals surface area contributed by atoms with E-state index in [1.54, 1.807) is 35.7 Å². The Bertz CT molecular complexity index is 1050. The maximum Gasteiger partial charge on any atom is 0.315 e. The Balaban J connectivity index is 2.24. The minimum atomic E-state index is -1.04. The van der Waals surface area contributed by atoms with Gasteiger partial charge in [0.2, 0.25) is 0 Å². The van der Waals surface area contributed by atoms with Crippen LogP contribution in [0.15, 0.2) is 46.6 Å². The van der Waals surface area contributed by atoms with E-state index in [9.17, 15) is 29.7 Å². The lowest BCUT2D eigenvalue weighted by molar-refractivity contribution is -0.384. The molecule has 3 atom stereocenters. The molecule has 176 valence electrons. The van der Waals surface area contributed by atoms with Gasteiger partial charge in [0.1, 0.15) is 5.92 Å². The number of rotatable bonds is 7. The minimum Gasteiger partial charge on any atom is -0.469 e. The second kappa shape index (κ2) is 10.0. The number of non-ortho nitro benzene ring substituents is 1. The fourth-order valence-corrected chi connectivity index (χ4v) is 5.36. The number of carbonyl (C=O) groups excluding carboxylic acids is 3. The molecule has 1 aromatic rings. The lowest BCUT2D eigenvalue weighted by Gasteiger charge is -2.42. The van der Waals surface area contributed by atoms with Crippen LogP contribution in [0, 0.1) is 16.0 Å². The Morgan fingerprint density at radius 1 is 1.33 bits per heavy atom. The summed E-state index contributed by atoms with van der Waals surface area (Å²) in [5.74, 6) is -4.00. The number of hydrogen-bond donors (Lipinski definition) is 2. The number of nitrogens with one attached hydrogen (secondary N) is 1. The first-order valence-electron chi connectivity index (χ1n) is 10.0. The summed E-state index contributed by atoms with van der Waals surface area (Å²) in [7, 11) is 1.26. The van der Waals surface area contributed by atoms with Crippen LogP contribution in [-0.4, -0.2) is 52.0 Å². The Kier molecular flexibility index (Phi) is 7.39. The standard InChI is InChI=1S/C21H23N3O8S/c1-4-32-21(27)19-14-10-33-15(9-16(25)31-3)23(14)11(2)17(20(26)22-28)18(19)12-6-5-7-13(8-12)24(29)30/h5-8,10,15,18-19,28H,4,9H2,1-3H3,(H,22,26). The predicted octanol–water partition coefficient (Wildman–Crippen LogP) is 2.43. The van der Waals surface area contributed by atoms with Crippen molar-refractivity contribution in [2.24, 2.45) is 5.92 Å². The SMILES string of the molecule is CCOC(=O)C1C2=CSC(CC(=O)OC)N2C(C)=C(C(=O)NO)C1c1cccc([N+](=O)[O-])c1. The average molecular weight is 477 g/mol. The highest BCUT2D eigenvalue weighted by molar-refractivity contribution is 8.03. The maximum atomic E-state index is 13.2. The average Bonchev–Trinajstić information content (AvgIpc) is 3.21. The smallest absolute Gasteiger partial charge is 0.315 e. The Labute approximate surface area is 193 Å². The van der Waals surface area contributed by atoms with Crippen molar-refractivity contribution >= 4 is 35.3 Å². The molecular formula is C21H23N3O8S. The summed E-state index contributed by atoms with van der Waals surface area (Å²) in [6.07, 6.45) is -0.0243. The lowest BCUT2D eigenvalue weighted by Crippen LogP contribution is -2.45. The van der Waals surface area contributed by atoms with E-state index < -0.39 is 40.0 Å². The van der Waals surface area contributed by atoms with E-state index in [0.29, 0.717) is 17.0 Å². The van der Waals surface area contributed by atoms with Gasteiger partial charge in [-0.1, -0.05) is 12.1 Å². The van der Waals surface area contributed by atoms with Gasteiger partial charge in [-0.05, 0) is 24.8 Å². The summed E-state index contributed by atoms with van der Waals surface area (Å²) in [4.78, 5) is 50.4. The topological polar surface area (TPSA) is 148 Å². The molecule has 12 heteroatoms. The van der Waals surface area contributed by atoms with Crippen molar-refractivity contribution in [3.63, 3.8) is 0 Å². The van der Waals surface area contributed by atoms with Crippen LogP contribution in [0.5, 0.6) is 0 Å². The number of hydrogen-bond acceptors (Lipinski definition) is 10. The van der Waals surface area contributed by atoms with Crippen LogP contribution in [0.3, 0.4) is 0 Å². The van der Waals surface area contributed by atoms with E-state index >= 15 is 0 Å². The van der Waals surface area contributed by atoms with Crippen LogP contribution in [0.4, 0.5) is 5.69 Å². The van der Waals surface area contributed by atoms with Crippen molar-refractivity contribution < 1.29 is 34.0 Å². The molecule has 0 saturated heterocycles. The first kappa shape index (κ1) is 24.3. The number of methoxy groups -OCH3 is 1. The van der Waals surface area contributed by atoms with E-state index in [1.807, 2.05) is 0 Å². The molecule has 0 spiro atoms. The minimum absolute atomic E-state index is 0.0243. The van der Waals surface area contributed by atoms with Crippen LogP contribution in [0.2, 0.25) is 0 Å². The summed E-state index contributed by atoms with van der Waals surface area (Å²) in [6.45, 7) is 3.34. The number of carbonyl (C=O) groups is 3. The molecule has 2 aliphatic rings. The van der Waals surface area contributed by atoms with E-state index in [1.165, 1.54) is 37.1 Å². The van der Waals surface area contributed by atoms with Crippen molar-refractivity contribution in [3.8, 4) is 0 Å². The summed E-state index contributed by atoms with van der Waals surface area (Å²) < 4.78 is 10.1. The Morgan fingerprint density at radius 3 is 2.67 bits per heavy atom. The van der Waals surface area contributed by atoms with E-state index in [0.717, 1.165) is 0 Å². The fourth-order valence-electron chi connectivity index (χ4n) is 4.17. The monoisotopic (exact) mass is 477 g/mol. The summed E-state index contributed by atoms with van der Waals surface area (Å²) in [5.41, 5.74) is 2.66. The molecule has 0 aromatic heterocycles. The molecule has 2 N–H and O–H groups in total. The fraction of sp³-hybridized carbons (Fsp3) is 0.381. The van der Waals surface area contributed by atoms with Crippen molar-refractivity contribution in [2.75, 3.05) is 13.7 Å². The first-order chi connectivity index (χ1) is 15.7. The predicted molar refractivity (Wildman–Crippen MR) is 117 cm³/mol. The zero-order chi connectivity index (χ0) is 24.3. The van der Waals surface area contributed by atoms with Crippen LogP contribution < -0.4 is 5.48 Å². The van der Waals surface area contributed by atoms with Crippen molar-refractivity contribution in [3.05, 3.63) is 62.3 Å². The molecule has 0 saturated carbocycles. The molecule has 11 nitrogen and oxygen atoms in total. The second-order valence-electron chi connectivity index (χ2n) is 7.28. The number of amides is 1. The number of nitrogens with zero attached hydrogens (tertiary/aromatic N) is 2. The summed E-state index contributed by atoms with van der Waals surface area (Å²) in [5, 5.41) is 22.1. The van der Waals surface area contributed by atoms with Crippen LogP contribution in [0.25, 0.3) is 0 Å². The van der Waals surface area contributed by atoms with Gasteiger partial charge in [-0.15, -0.1) is 11.8 Å². The number of nitro benzene ring substituents is 1. The number of allylic oxidation sites excluding steroid dienone is 1. The van der Waals surface area contributed by atoms with Gasteiger partial charge in [-0.2, -0.15) is 0 Å². The second-order valence-corrected chi connectivity index (χ2v) is 8.34. The largest absolute Gasteiger partial charge is 0.469 e. The number of nitro groups is 1. The molecule has 2 aliphatic heterocycles. The first-order valence-corrected chi connectivity index (χ1v) is 11.0. The number of hydroxylamine groups is 1. The van der Waals surface area contributed by atoms with E-state index in [-0.39, 0.29) is 24.3 Å². The Hall–Kier alpha value is -3.38. The molecule has 3 rings (SSSR count). The molecule has 0 bridgehead atoms. The number of benzene rings is 1. The highest BCUT2D eigenvalue weighted by Crippen LogP contribution is 2.51. The highest BCUT2D eigenvalue weighted by atomic mass is 32.2. The van der Waals surface area contributed by atoms with Crippen molar-refractivity contribution in [2.45, 2.75) is 31.6 Å². The zero-order valence-electron chi connectivity index (χ0n) is 18.1. The Morgan fingerprint density at radius 2 is 2.06 bits per heavy atom. The highest BCUT2D eigenvalue weighted by Gasteiger charge is 2.49. The van der Waals surface area contributed by atoms with Gasteiger partial charge in [-0.25, -0.2) is 5.48 Å². The van der Waals surface area contributed by atoms with Crippen molar-refractivity contribution in [1.82, 2.24) is 10.4 Å². The van der Waals surface area contributed by atoms with E-state index in [2.05, 4.69) is 0 Å². The molecule has 2 heterocycles. The van der Waals surface area contributed by atoms with Gasteiger partial charge in [-0.3, -0.25) is 29.7 Å². The zero-order valence-corrected chi connectivity index (χ0v) is 19.0. The summed E-state index contributed by atoms with van der Waals surface area (Å²) >= 11 is 1.28. The molecule has 1 amide bonds. The summed E-state index contributed by atoms with van der Waals surface area (Å²) in [6, 6.07) is 5.63. The quantitative estimate of drug-likeness (QED) is 0.259. The van der Waals surface area contributed by atoms with Gasteiger partial charge >= 0.3 is 11.9 Å². The number of ether oxygens (including phenoxy) is 2. The molecule has 0 radical (unpaired) electrons. The van der Waals surface area contributed by atoms with Gasteiger partial charge in [0, 0.05) is 35.0 Å². The van der Waals surface area contributed by atoms with E-state index in [4.69, 9.17) is 9.47 Å². The van der Waals surface area contributed by atoms with Gasteiger partial charge in [0.05, 0.1) is 30.4 Å². The van der Waals surface area contributed by atoms with Gasteiger partial charge in [0.25, 0.3) is 11.6 Å². The third-order valence-corrected chi connectivity index (χ3v) is 6.59. The third kappa shape index (κ3) is 4.57. The molecule has 0 fully saturated rings. The molecule has 3 unspecified atom stereocenters.